The topological polar surface area (TPSA) is 80.9 Å². The van der Waals surface area contributed by atoms with Crippen molar-refractivity contribution in [1.29, 1.82) is 0 Å². The first-order valence-electron chi connectivity index (χ1n) is 6.47. The van der Waals surface area contributed by atoms with Crippen LogP contribution in [-0.4, -0.2) is 33.6 Å². The molecule has 0 amide bonds. The maximum atomic E-state index is 9.11. The Balaban J connectivity index is 0.000000521. The Hall–Kier alpha value is -2.04. The second kappa shape index (κ2) is 10.8. The van der Waals surface area contributed by atoms with Crippen LogP contribution in [0.4, 0.5) is 0 Å². The van der Waals surface area contributed by atoms with Crippen molar-refractivity contribution in [2.24, 2.45) is 0 Å². The Morgan fingerprint density at radius 1 is 0.600 bits per heavy atom. The van der Waals surface area contributed by atoms with Gasteiger partial charge in [-0.15, -0.1) is 0 Å². The van der Waals surface area contributed by atoms with E-state index in [9.17, 15) is 0 Å². The summed E-state index contributed by atoms with van der Waals surface area (Å²) in [5.41, 5.74) is 2.03. The lowest BCUT2D eigenvalue weighted by molar-refractivity contribution is 0.186. The highest BCUT2D eigenvalue weighted by atomic mass is 16.3. The van der Waals surface area contributed by atoms with Gasteiger partial charge in [0.05, 0.1) is 13.2 Å². The van der Waals surface area contributed by atoms with Crippen LogP contribution in [0.3, 0.4) is 0 Å². The van der Waals surface area contributed by atoms with Gasteiger partial charge in [-0.05, 0) is 35.4 Å². The van der Waals surface area contributed by atoms with Crippen molar-refractivity contribution < 1.29 is 20.4 Å². The van der Waals surface area contributed by atoms with E-state index in [0.29, 0.717) is 0 Å². The van der Waals surface area contributed by atoms with Crippen LogP contribution in [0.5, 0.6) is 11.5 Å². The van der Waals surface area contributed by atoms with Crippen molar-refractivity contribution in [3.8, 4) is 22.6 Å². The third kappa shape index (κ3) is 6.78. The largest absolute Gasteiger partial charge is 0.508 e. The molecule has 4 nitrogen and oxygen atoms in total. The van der Waals surface area contributed by atoms with Gasteiger partial charge in [-0.3, -0.25) is 0 Å². The predicted octanol–water partition coefficient (Wildman–Crippen LogP) is 2.76. The molecule has 2 rings (SSSR count). The van der Waals surface area contributed by atoms with Crippen LogP contribution in [0.2, 0.25) is 0 Å². The van der Waals surface area contributed by atoms with Crippen LogP contribution >= 0.6 is 0 Å². The molecule has 0 saturated carbocycles. The average molecular weight is 278 g/mol. The monoisotopic (exact) mass is 278 g/mol. The minimum atomic E-state index is -0.125. The van der Waals surface area contributed by atoms with Crippen LogP contribution in [-0.2, 0) is 0 Å². The molecule has 0 saturated heterocycles. The molecule has 0 aliphatic carbocycles. The molecule has 0 radical (unpaired) electrons. The second-order valence-corrected chi connectivity index (χ2v) is 3.54. The molecule has 0 unspecified atom stereocenters. The number of aliphatic hydroxyl groups is 2. The summed E-state index contributed by atoms with van der Waals surface area (Å²) >= 11 is 0. The molecule has 0 aliphatic rings. The Labute approximate surface area is 119 Å². The zero-order valence-electron chi connectivity index (χ0n) is 11.8. The Kier molecular flexibility index (Phi) is 9.74. The summed E-state index contributed by atoms with van der Waals surface area (Å²) in [6.07, 6.45) is 0. The van der Waals surface area contributed by atoms with Crippen LogP contribution in [0, 0.1) is 0 Å². The Bertz CT molecular complexity index is 403. The van der Waals surface area contributed by atoms with Gasteiger partial charge >= 0.3 is 0 Å². The molecule has 0 atom stereocenters. The second-order valence-electron chi connectivity index (χ2n) is 3.54. The average Bonchev–Trinajstić information content (AvgIpc) is 2.51. The van der Waals surface area contributed by atoms with Crippen LogP contribution in [0.25, 0.3) is 11.1 Å². The van der Waals surface area contributed by atoms with E-state index in [1.165, 1.54) is 0 Å². The van der Waals surface area contributed by atoms with E-state index in [2.05, 4.69) is 0 Å². The van der Waals surface area contributed by atoms with Gasteiger partial charge in [0.1, 0.15) is 11.5 Å². The highest BCUT2D eigenvalue weighted by Gasteiger charge is 1.96. The first-order chi connectivity index (χ1) is 9.67. The first kappa shape index (κ1) is 18.0. The molecule has 2 aromatic rings. The van der Waals surface area contributed by atoms with E-state index in [1.807, 2.05) is 38.1 Å². The fraction of sp³-hybridized carbons (Fsp3) is 0.250. The summed E-state index contributed by atoms with van der Waals surface area (Å²) in [5.74, 6) is 0.514. The van der Waals surface area contributed by atoms with E-state index in [4.69, 9.17) is 20.4 Å². The van der Waals surface area contributed by atoms with E-state index in [0.717, 1.165) is 11.1 Å². The lowest BCUT2D eigenvalue weighted by atomic mass is 10.1. The molecule has 0 fully saturated rings. The third-order valence-corrected chi connectivity index (χ3v) is 2.17. The summed E-state index contributed by atoms with van der Waals surface area (Å²) in [5, 5.41) is 33.5. The molecule has 110 valence electrons. The lowest BCUT2D eigenvalue weighted by Crippen LogP contribution is -1.85. The fourth-order valence-electron chi connectivity index (χ4n) is 1.31. The maximum absolute atomic E-state index is 9.11. The standard InChI is InChI=1S/C12H10O2.C2H6O2.C2H6/c13-11-5-1-9(2-6-11)10-3-7-12(14)8-4-10;3-1-2-4;1-2/h1-8,13-14H;3-4H,1-2H2;1-2H3. The number of rotatable bonds is 2. The summed E-state index contributed by atoms with van der Waals surface area (Å²) in [6, 6.07) is 13.9. The molecule has 2 aromatic carbocycles. The van der Waals surface area contributed by atoms with E-state index in [1.54, 1.807) is 24.3 Å². The normalized spacial score (nSPS) is 8.80. The van der Waals surface area contributed by atoms with Crippen molar-refractivity contribution in [2.75, 3.05) is 13.2 Å². The molecular formula is C16H22O4. The van der Waals surface area contributed by atoms with Crippen LogP contribution in [0.15, 0.2) is 48.5 Å². The van der Waals surface area contributed by atoms with Crippen molar-refractivity contribution in [3.05, 3.63) is 48.5 Å². The molecule has 4 N–H and O–H groups in total. The summed E-state index contributed by atoms with van der Waals surface area (Å²) in [6.45, 7) is 3.75. The summed E-state index contributed by atoms with van der Waals surface area (Å²) in [4.78, 5) is 0. The maximum Gasteiger partial charge on any atom is 0.115 e. The molecule has 20 heavy (non-hydrogen) atoms. The minimum Gasteiger partial charge on any atom is -0.508 e. The molecular weight excluding hydrogens is 256 g/mol. The highest BCUT2D eigenvalue weighted by molar-refractivity contribution is 5.64. The fourth-order valence-corrected chi connectivity index (χ4v) is 1.31. The van der Waals surface area contributed by atoms with Crippen molar-refractivity contribution in [1.82, 2.24) is 0 Å². The van der Waals surface area contributed by atoms with E-state index in [-0.39, 0.29) is 24.7 Å². The highest BCUT2D eigenvalue weighted by Crippen LogP contribution is 2.23. The van der Waals surface area contributed by atoms with Gasteiger partial charge in [-0.2, -0.15) is 0 Å². The van der Waals surface area contributed by atoms with Gasteiger partial charge in [-0.25, -0.2) is 0 Å². The Morgan fingerprint density at radius 3 is 1.05 bits per heavy atom. The SMILES string of the molecule is CC.OCCO.Oc1ccc(-c2ccc(O)cc2)cc1. The molecule has 4 heteroatoms. The van der Waals surface area contributed by atoms with E-state index >= 15 is 0 Å². The molecule has 0 aromatic heterocycles. The minimum absolute atomic E-state index is 0.125. The van der Waals surface area contributed by atoms with E-state index < -0.39 is 0 Å². The van der Waals surface area contributed by atoms with Gasteiger partial charge in [0.2, 0.25) is 0 Å². The molecule has 0 bridgehead atoms. The quantitative estimate of drug-likeness (QED) is 0.681. The van der Waals surface area contributed by atoms with Crippen LogP contribution < -0.4 is 0 Å². The lowest BCUT2D eigenvalue weighted by Gasteiger charge is -2.01. The number of aliphatic hydroxyl groups excluding tert-OH is 2. The number of benzene rings is 2. The van der Waals surface area contributed by atoms with Crippen LogP contribution in [0.1, 0.15) is 13.8 Å². The zero-order chi connectivity index (χ0) is 15.4. The van der Waals surface area contributed by atoms with Crippen molar-refractivity contribution in [2.45, 2.75) is 13.8 Å². The van der Waals surface area contributed by atoms with Gasteiger partial charge < -0.3 is 20.4 Å². The van der Waals surface area contributed by atoms with Gasteiger partial charge in [0.25, 0.3) is 0 Å². The molecule has 0 spiro atoms. The molecule has 0 heterocycles. The zero-order valence-corrected chi connectivity index (χ0v) is 11.8. The number of hydrogen-bond donors (Lipinski definition) is 4. The van der Waals surface area contributed by atoms with Gasteiger partial charge in [0, 0.05) is 0 Å². The summed E-state index contributed by atoms with van der Waals surface area (Å²) < 4.78 is 0. The predicted molar refractivity (Wildman–Crippen MR) is 80.7 cm³/mol. The molecule has 0 aliphatic heterocycles. The smallest absolute Gasteiger partial charge is 0.115 e. The number of hydrogen-bond acceptors (Lipinski definition) is 4. The van der Waals surface area contributed by atoms with Crippen molar-refractivity contribution in [3.63, 3.8) is 0 Å². The summed E-state index contributed by atoms with van der Waals surface area (Å²) in [7, 11) is 0. The van der Waals surface area contributed by atoms with Crippen molar-refractivity contribution >= 4 is 0 Å². The number of aromatic hydroxyl groups is 2. The van der Waals surface area contributed by atoms with Gasteiger partial charge in [-0.1, -0.05) is 38.1 Å². The first-order valence-corrected chi connectivity index (χ1v) is 6.47. The van der Waals surface area contributed by atoms with Gasteiger partial charge in [0.15, 0.2) is 0 Å². The number of phenolic OH excluding ortho intramolecular Hbond substituents is 2. The number of phenols is 2. The third-order valence-electron chi connectivity index (χ3n) is 2.17. The Morgan fingerprint density at radius 2 is 0.850 bits per heavy atom.